The number of rotatable bonds is 3. The highest BCUT2D eigenvalue weighted by Gasteiger charge is 2.37. The highest BCUT2D eigenvalue weighted by molar-refractivity contribution is 6.05. The van der Waals surface area contributed by atoms with Gasteiger partial charge in [-0.15, -0.1) is 0 Å². The number of carbonyl (C=O) groups excluding carboxylic acids is 2. The number of hydrogen-bond acceptors (Lipinski definition) is 4. The Morgan fingerprint density at radius 3 is 2.81 bits per heavy atom. The summed E-state index contributed by atoms with van der Waals surface area (Å²) in [7, 11) is 1.83. The van der Waals surface area contributed by atoms with Crippen molar-refractivity contribution >= 4 is 17.6 Å². The molecule has 2 atom stereocenters. The van der Waals surface area contributed by atoms with Crippen molar-refractivity contribution in [3.63, 3.8) is 0 Å². The maximum atomic E-state index is 13.9. The van der Waals surface area contributed by atoms with Gasteiger partial charge in [0.25, 0.3) is 0 Å². The van der Waals surface area contributed by atoms with E-state index in [0.29, 0.717) is 6.54 Å². The van der Waals surface area contributed by atoms with E-state index in [9.17, 15) is 14.0 Å². The van der Waals surface area contributed by atoms with Crippen LogP contribution < -0.4 is 5.32 Å². The average molecular weight is 370 g/mol. The summed E-state index contributed by atoms with van der Waals surface area (Å²) in [5, 5.41) is 2.34. The summed E-state index contributed by atoms with van der Waals surface area (Å²) >= 11 is 0. The number of hydrogen-bond donors (Lipinski definition) is 1. The van der Waals surface area contributed by atoms with E-state index < -0.39 is 6.04 Å². The maximum Gasteiger partial charge on any atom is 0.244 e. The fourth-order valence-corrected chi connectivity index (χ4v) is 4.27. The predicted octanol–water partition coefficient (Wildman–Crippen LogP) is 2.57. The highest BCUT2D eigenvalue weighted by Crippen LogP contribution is 2.42. The second kappa shape index (κ2) is 6.93. The molecule has 0 spiro atoms. The van der Waals surface area contributed by atoms with E-state index in [1.807, 2.05) is 24.9 Å². The van der Waals surface area contributed by atoms with E-state index in [-0.39, 0.29) is 30.2 Å². The Labute approximate surface area is 157 Å². The molecular weight excluding hydrogens is 347 g/mol. The van der Waals surface area contributed by atoms with Crippen LogP contribution in [0.3, 0.4) is 0 Å². The smallest absolute Gasteiger partial charge is 0.244 e. The fourth-order valence-electron chi connectivity index (χ4n) is 4.27. The number of likely N-dealkylation sites (N-methyl/N-ethyl adjacent to an activating group) is 1. The molecule has 142 valence electrons. The molecule has 0 bridgehead atoms. The lowest BCUT2D eigenvalue weighted by Crippen LogP contribution is -2.41. The molecule has 5 nitrogen and oxygen atoms in total. The van der Waals surface area contributed by atoms with Gasteiger partial charge in [0.05, 0.1) is 12.5 Å². The van der Waals surface area contributed by atoms with Crippen molar-refractivity contribution in [3.05, 3.63) is 52.4 Å². The molecule has 4 rings (SSSR count). The second-order valence-corrected chi connectivity index (χ2v) is 7.44. The van der Waals surface area contributed by atoms with Gasteiger partial charge in [0.1, 0.15) is 17.7 Å². The Morgan fingerprint density at radius 1 is 1.30 bits per heavy atom. The number of fused-ring (bicyclic) bond motifs is 2. The van der Waals surface area contributed by atoms with Crippen LogP contribution in [-0.2, 0) is 20.7 Å². The molecule has 27 heavy (non-hydrogen) atoms. The Bertz CT molecular complexity index is 874. The van der Waals surface area contributed by atoms with Gasteiger partial charge in [-0.05, 0) is 50.1 Å². The number of allylic oxidation sites excluding steroid dienone is 2. The molecule has 6 heteroatoms. The van der Waals surface area contributed by atoms with Gasteiger partial charge in [-0.25, -0.2) is 4.39 Å². The number of nitrogens with one attached hydrogen (secondary N) is 1. The molecule has 1 unspecified atom stereocenters. The van der Waals surface area contributed by atoms with Crippen molar-refractivity contribution in [1.82, 2.24) is 10.2 Å². The highest BCUT2D eigenvalue weighted by atomic mass is 19.1. The van der Waals surface area contributed by atoms with E-state index in [2.05, 4.69) is 11.4 Å². The number of ether oxygens (including phenoxy) is 1. The van der Waals surface area contributed by atoms with E-state index in [1.54, 1.807) is 6.07 Å². The van der Waals surface area contributed by atoms with Crippen molar-refractivity contribution < 1.29 is 18.7 Å². The van der Waals surface area contributed by atoms with Crippen molar-refractivity contribution in [2.75, 3.05) is 13.6 Å². The quantitative estimate of drug-likeness (QED) is 0.831. The average Bonchev–Trinajstić information content (AvgIpc) is 3.15. The normalized spacial score (nSPS) is 26.1. The third-order valence-electron chi connectivity index (χ3n) is 5.67. The number of imide groups is 1. The van der Waals surface area contributed by atoms with Gasteiger partial charge >= 0.3 is 0 Å². The van der Waals surface area contributed by atoms with Gasteiger partial charge < -0.3 is 4.74 Å². The topological polar surface area (TPSA) is 58.6 Å². The number of halogens is 1. The Hall–Kier alpha value is -2.47. The maximum absolute atomic E-state index is 13.9. The first kappa shape index (κ1) is 17.9. The molecule has 1 aromatic rings. The number of aryl methyl sites for hydroxylation is 1. The van der Waals surface area contributed by atoms with Crippen LogP contribution in [0.25, 0.3) is 5.76 Å². The monoisotopic (exact) mass is 370 g/mol. The molecule has 2 amide bonds. The Balaban J connectivity index is 1.57. The number of nitrogens with zero attached hydrogens (tertiary/aromatic N) is 1. The van der Waals surface area contributed by atoms with Gasteiger partial charge in [0, 0.05) is 24.1 Å². The van der Waals surface area contributed by atoms with Gasteiger partial charge in [-0.3, -0.25) is 19.8 Å². The molecule has 1 saturated heterocycles. The summed E-state index contributed by atoms with van der Waals surface area (Å²) in [6.07, 6.45) is 4.64. The molecule has 2 aliphatic heterocycles. The lowest BCUT2D eigenvalue weighted by atomic mass is 9.97. The fraction of sp³-hybridized carbons (Fsp3) is 0.429. The predicted molar refractivity (Wildman–Crippen MR) is 99.1 cm³/mol. The van der Waals surface area contributed by atoms with Crippen LogP contribution in [0.4, 0.5) is 4.39 Å². The summed E-state index contributed by atoms with van der Waals surface area (Å²) in [6.45, 7) is 2.55. The molecular formula is C21H23FN2O3. The minimum atomic E-state index is -0.451. The zero-order chi connectivity index (χ0) is 19.1. The molecule has 0 aromatic heterocycles. The van der Waals surface area contributed by atoms with Crippen LogP contribution >= 0.6 is 0 Å². The number of amides is 2. The molecule has 2 heterocycles. The molecule has 1 N–H and O–H groups in total. The summed E-state index contributed by atoms with van der Waals surface area (Å²) in [6, 6.07) is 4.44. The first-order valence-electron chi connectivity index (χ1n) is 9.34. The van der Waals surface area contributed by atoms with Crippen LogP contribution in [0.15, 0.2) is 35.4 Å². The molecule has 0 saturated carbocycles. The molecule has 1 aromatic carbocycles. The zero-order valence-corrected chi connectivity index (χ0v) is 15.5. The van der Waals surface area contributed by atoms with Gasteiger partial charge in [0.15, 0.2) is 0 Å². The molecule has 1 aliphatic carbocycles. The summed E-state index contributed by atoms with van der Waals surface area (Å²) in [5.41, 5.74) is 4.30. The minimum Gasteiger partial charge on any atom is -0.488 e. The van der Waals surface area contributed by atoms with Crippen molar-refractivity contribution in [2.45, 2.75) is 44.8 Å². The molecule has 1 fully saturated rings. The first-order valence-corrected chi connectivity index (χ1v) is 9.34. The lowest BCUT2D eigenvalue weighted by molar-refractivity contribution is -0.126. The summed E-state index contributed by atoms with van der Waals surface area (Å²) in [5.74, 6) is 0.00515. The summed E-state index contributed by atoms with van der Waals surface area (Å²) in [4.78, 5) is 25.3. The SMILES string of the molecule is C/C=C1\CCc2ccc(F)cc2C2=C1C[C@H](CN(C)C1CC(=O)NC1=O)O2. The van der Waals surface area contributed by atoms with Crippen LogP contribution in [0.5, 0.6) is 0 Å². The minimum absolute atomic E-state index is 0.132. The largest absolute Gasteiger partial charge is 0.488 e. The van der Waals surface area contributed by atoms with Gasteiger partial charge in [0.2, 0.25) is 11.8 Å². The van der Waals surface area contributed by atoms with Gasteiger partial charge in [-0.2, -0.15) is 0 Å². The van der Waals surface area contributed by atoms with E-state index in [0.717, 1.165) is 41.7 Å². The number of benzene rings is 1. The molecule has 3 aliphatic rings. The van der Waals surface area contributed by atoms with E-state index in [1.165, 1.54) is 11.6 Å². The van der Waals surface area contributed by atoms with Gasteiger partial charge in [-0.1, -0.05) is 12.1 Å². The van der Waals surface area contributed by atoms with Crippen LogP contribution in [-0.4, -0.2) is 42.5 Å². The van der Waals surface area contributed by atoms with Crippen molar-refractivity contribution in [1.29, 1.82) is 0 Å². The standard InChI is InChI=1S/C21H23FN2O3/c1-3-12-4-5-13-6-7-14(22)8-16(13)20-17(12)9-15(27-20)11-24(2)18-10-19(25)23-21(18)26/h3,6-8,15,18H,4-5,9-11H2,1-2H3,(H,23,25,26)/b12-3+/t15-,18?/m1/s1. The third kappa shape index (κ3) is 3.30. The first-order chi connectivity index (χ1) is 13.0. The zero-order valence-electron chi connectivity index (χ0n) is 15.5. The number of carbonyl (C=O) groups is 2. The molecule has 0 radical (unpaired) electrons. The summed E-state index contributed by atoms with van der Waals surface area (Å²) < 4.78 is 20.1. The van der Waals surface area contributed by atoms with Crippen molar-refractivity contribution in [3.8, 4) is 0 Å². The van der Waals surface area contributed by atoms with E-state index >= 15 is 0 Å². The Morgan fingerprint density at radius 2 is 2.11 bits per heavy atom. The van der Waals surface area contributed by atoms with Crippen molar-refractivity contribution in [2.24, 2.45) is 0 Å². The van der Waals surface area contributed by atoms with Crippen LogP contribution in [0.1, 0.15) is 37.3 Å². The Kier molecular flexibility index (Phi) is 4.60. The van der Waals surface area contributed by atoms with E-state index in [4.69, 9.17) is 4.74 Å². The third-order valence-corrected chi connectivity index (χ3v) is 5.67. The van der Waals surface area contributed by atoms with Crippen LogP contribution in [0.2, 0.25) is 0 Å². The second-order valence-electron chi connectivity index (χ2n) is 7.44. The lowest BCUT2D eigenvalue weighted by Gasteiger charge is -2.25. The van der Waals surface area contributed by atoms with Crippen LogP contribution in [0, 0.1) is 5.82 Å².